The highest BCUT2D eigenvalue weighted by molar-refractivity contribution is 7.12. The minimum Gasteiger partial charge on any atom is -0.442 e. The fraction of sp³-hybridized carbons (Fsp3) is 0.278. The third-order valence-electron chi connectivity index (χ3n) is 3.87. The number of Topliss-reactive ketones (excluding diaryl/α,β-unsaturated/α-hetero) is 1. The van der Waals surface area contributed by atoms with Crippen LogP contribution in [0.15, 0.2) is 35.1 Å². The first-order valence-corrected chi connectivity index (χ1v) is 8.86. The Morgan fingerprint density at radius 3 is 2.69 bits per heavy atom. The molecule has 0 bridgehead atoms. The summed E-state index contributed by atoms with van der Waals surface area (Å²) in [6.45, 7) is 3.49. The summed E-state index contributed by atoms with van der Waals surface area (Å²) in [5.74, 6) is -0.656. The number of carbonyl (C=O) groups excluding carboxylic acids is 2. The molecule has 26 heavy (non-hydrogen) atoms. The first-order chi connectivity index (χ1) is 12.5. The summed E-state index contributed by atoms with van der Waals surface area (Å²) in [5, 5.41) is 8.06. The maximum Gasteiger partial charge on any atom is 0.308 e. The molecule has 0 aliphatic rings. The van der Waals surface area contributed by atoms with Gasteiger partial charge in [0.05, 0.1) is 11.8 Å². The maximum absolute atomic E-state index is 12.2. The van der Waals surface area contributed by atoms with Gasteiger partial charge in [0.1, 0.15) is 5.52 Å². The summed E-state index contributed by atoms with van der Waals surface area (Å²) in [7, 11) is 0. The fourth-order valence-electron chi connectivity index (χ4n) is 2.57. The van der Waals surface area contributed by atoms with Gasteiger partial charge in [0.15, 0.2) is 12.5 Å². The summed E-state index contributed by atoms with van der Waals surface area (Å²) in [6.07, 6.45) is 0.0110. The van der Waals surface area contributed by atoms with Crippen LogP contribution in [0.25, 0.3) is 10.9 Å². The van der Waals surface area contributed by atoms with Crippen molar-refractivity contribution in [2.75, 3.05) is 0 Å². The molecule has 0 saturated carbocycles. The second kappa shape index (κ2) is 7.57. The molecule has 8 heteroatoms. The van der Waals surface area contributed by atoms with E-state index in [-0.39, 0.29) is 30.9 Å². The Morgan fingerprint density at radius 2 is 1.96 bits per heavy atom. The zero-order chi connectivity index (χ0) is 18.7. The first-order valence-electron chi connectivity index (χ1n) is 8.04. The number of fused-ring (bicyclic) bond motifs is 1. The molecule has 0 unspecified atom stereocenters. The van der Waals surface area contributed by atoms with E-state index in [2.05, 4.69) is 10.3 Å². The van der Waals surface area contributed by atoms with Crippen molar-refractivity contribution in [2.24, 2.45) is 0 Å². The molecule has 0 N–H and O–H groups in total. The average Bonchev–Trinajstić information content (AvgIpc) is 2.97. The molecule has 0 radical (unpaired) electrons. The van der Waals surface area contributed by atoms with Gasteiger partial charge in [0.2, 0.25) is 0 Å². The van der Waals surface area contributed by atoms with Crippen LogP contribution in [0.5, 0.6) is 0 Å². The number of nitrogens with zero attached hydrogens (tertiary/aromatic N) is 3. The lowest BCUT2D eigenvalue weighted by molar-refractivity contribution is -0.148. The van der Waals surface area contributed by atoms with E-state index in [4.69, 9.17) is 4.74 Å². The number of hydrogen-bond acceptors (Lipinski definition) is 7. The van der Waals surface area contributed by atoms with E-state index in [9.17, 15) is 14.4 Å². The summed E-state index contributed by atoms with van der Waals surface area (Å²) in [5.41, 5.74) is 0.743. The second-order valence-electron chi connectivity index (χ2n) is 5.81. The highest BCUT2D eigenvalue weighted by Gasteiger charge is 2.15. The van der Waals surface area contributed by atoms with Crippen LogP contribution in [0.1, 0.15) is 33.0 Å². The third kappa shape index (κ3) is 3.85. The smallest absolute Gasteiger partial charge is 0.308 e. The number of benzene rings is 1. The maximum atomic E-state index is 12.2. The molecule has 2 heterocycles. The van der Waals surface area contributed by atoms with Crippen LogP contribution in [0.2, 0.25) is 0 Å². The number of aryl methyl sites for hydroxylation is 2. The van der Waals surface area contributed by atoms with E-state index in [1.165, 1.54) is 0 Å². The summed E-state index contributed by atoms with van der Waals surface area (Å²) in [6, 6.07) is 8.63. The highest BCUT2D eigenvalue weighted by atomic mass is 32.1. The van der Waals surface area contributed by atoms with Gasteiger partial charge in [-0.3, -0.25) is 14.4 Å². The van der Waals surface area contributed by atoms with Crippen molar-refractivity contribution in [3.05, 3.63) is 56.0 Å². The number of rotatable bonds is 6. The van der Waals surface area contributed by atoms with Crippen LogP contribution < -0.4 is 5.56 Å². The molecule has 0 saturated heterocycles. The predicted molar refractivity (Wildman–Crippen MR) is 97.2 cm³/mol. The van der Waals surface area contributed by atoms with Gasteiger partial charge in [-0.1, -0.05) is 17.3 Å². The minimum absolute atomic E-state index is 0.0527. The number of ketones is 1. The fourth-order valence-corrected chi connectivity index (χ4v) is 3.51. The molecule has 3 rings (SSSR count). The van der Waals surface area contributed by atoms with Gasteiger partial charge < -0.3 is 4.74 Å². The number of esters is 1. The second-order valence-corrected chi connectivity index (χ2v) is 7.27. The van der Waals surface area contributed by atoms with Crippen molar-refractivity contribution in [3.63, 3.8) is 0 Å². The quantitative estimate of drug-likeness (QED) is 0.489. The van der Waals surface area contributed by atoms with E-state index in [1.54, 1.807) is 35.6 Å². The molecular weight excluding hydrogens is 354 g/mol. The van der Waals surface area contributed by atoms with Crippen molar-refractivity contribution < 1.29 is 14.3 Å². The normalized spacial score (nSPS) is 10.8. The Kier molecular flexibility index (Phi) is 5.22. The lowest BCUT2D eigenvalue weighted by Crippen LogP contribution is -2.26. The van der Waals surface area contributed by atoms with Crippen LogP contribution >= 0.6 is 11.3 Å². The Hall–Kier alpha value is -2.87. The average molecular weight is 371 g/mol. The number of thiophene rings is 1. The van der Waals surface area contributed by atoms with Crippen LogP contribution in [-0.4, -0.2) is 26.7 Å². The first kappa shape index (κ1) is 17.9. The largest absolute Gasteiger partial charge is 0.442 e. The molecule has 0 atom stereocenters. The van der Waals surface area contributed by atoms with Gasteiger partial charge in [-0.25, -0.2) is 0 Å². The Balaban J connectivity index is 1.58. The molecule has 0 aliphatic heterocycles. The highest BCUT2D eigenvalue weighted by Crippen LogP contribution is 2.22. The summed E-state index contributed by atoms with van der Waals surface area (Å²) in [4.78, 5) is 38.3. The molecule has 2 aromatic heterocycles. The summed E-state index contributed by atoms with van der Waals surface area (Å²) < 4.78 is 6.03. The van der Waals surface area contributed by atoms with Gasteiger partial charge in [0, 0.05) is 21.7 Å². The lowest BCUT2D eigenvalue weighted by atomic mass is 10.1. The number of aromatic nitrogens is 3. The zero-order valence-electron chi connectivity index (χ0n) is 14.4. The van der Waals surface area contributed by atoms with Gasteiger partial charge in [-0.15, -0.1) is 16.4 Å². The van der Waals surface area contributed by atoms with Gasteiger partial charge in [-0.05, 0) is 32.0 Å². The van der Waals surface area contributed by atoms with E-state index < -0.39 is 5.97 Å². The molecule has 1 aromatic carbocycles. The van der Waals surface area contributed by atoms with Crippen molar-refractivity contribution in [1.82, 2.24) is 15.0 Å². The van der Waals surface area contributed by atoms with Crippen LogP contribution in [0.3, 0.4) is 0 Å². The summed E-state index contributed by atoms with van der Waals surface area (Å²) >= 11 is 1.55. The van der Waals surface area contributed by atoms with Gasteiger partial charge in [-0.2, -0.15) is 4.68 Å². The molecule has 134 valence electrons. The molecule has 3 aromatic rings. The van der Waals surface area contributed by atoms with Crippen molar-refractivity contribution in [1.29, 1.82) is 0 Å². The SMILES string of the molecule is Cc1cc(C(=O)CCC(=O)OCn2nnc3ccccc3c2=O)c(C)s1. The Labute approximate surface area is 153 Å². The zero-order valence-corrected chi connectivity index (χ0v) is 15.2. The van der Waals surface area contributed by atoms with Crippen molar-refractivity contribution >= 4 is 34.0 Å². The molecule has 0 aliphatic carbocycles. The van der Waals surface area contributed by atoms with E-state index in [0.717, 1.165) is 14.4 Å². The van der Waals surface area contributed by atoms with E-state index in [1.807, 2.05) is 19.9 Å². The Morgan fingerprint density at radius 1 is 1.19 bits per heavy atom. The van der Waals surface area contributed by atoms with E-state index >= 15 is 0 Å². The lowest BCUT2D eigenvalue weighted by Gasteiger charge is -2.06. The van der Waals surface area contributed by atoms with Crippen LogP contribution in [0, 0.1) is 13.8 Å². The van der Waals surface area contributed by atoms with E-state index in [0.29, 0.717) is 16.5 Å². The number of carbonyl (C=O) groups is 2. The Bertz CT molecular complexity index is 1040. The van der Waals surface area contributed by atoms with Crippen LogP contribution in [-0.2, 0) is 16.3 Å². The number of ether oxygens (including phenoxy) is 1. The van der Waals surface area contributed by atoms with Crippen LogP contribution in [0.4, 0.5) is 0 Å². The molecular formula is C18H17N3O4S. The topological polar surface area (TPSA) is 91.2 Å². The molecule has 0 amide bonds. The van der Waals surface area contributed by atoms with Crippen molar-refractivity contribution in [3.8, 4) is 0 Å². The third-order valence-corrected chi connectivity index (χ3v) is 4.84. The minimum atomic E-state index is -0.565. The monoisotopic (exact) mass is 371 g/mol. The van der Waals surface area contributed by atoms with Gasteiger partial charge in [0.25, 0.3) is 5.56 Å². The molecule has 0 spiro atoms. The molecule has 0 fully saturated rings. The van der Waals surface area contributed by atoms with Crippen molar-refractivity contribution in [2.45, 2.75) is 33.4 Å². The molecule has 7 nitrogen and oxygen atoms in total. The predicted octanol–water partition coefficient (Wildman–Crippen LogP) is 2.63. The van der Waals surface area contributed by atoms with Gasteiger partial charge >= 0.3 is 5.97 Å². The number of hydrogen-bond donors (Lipinski definition) is 0. The standard InChI is InChI=1S/C18H17N3O4S/c1-11-9-14(12(2)26-11)16(22)7-8-17(23)25-10-21-18(24)13-5-3-4-6-15(13)19-20-21/h3-6,9H,7-8,10H2,1-2H3.